The van der Waals surface area contributed by atoms with Crippen molar-refractivity contribution < 1.29 is 31.5 Å². The summed E-state index contributed by atoms with van der Waals surface area (Å²) in [6, 6.07) is 10.9. The SMILES string of the molecule is CC(OC(=O)CCNS(=O)(=O)c1ccc(F)c(F)c1)C(=O)N(C)c1ccccc1. The van der Waals surface area contributed by atoms with Crippen LogP contribution in [0.1, 0.15) is 13.3 Å². The number of nitrogens with zero attached hydrogens (tertiary/aromatic N) is 1. The van der Waals surface area contributed by atoms with E-state index in [1.165, 1.54) is 18.9 Å². The topological polar surface area (TPSA) is 92.8 Å². The molecular weight excluding hydrogens is 406 g/mol. The van der Waals surface area contributed by atoms with Crippen molar-refractivity contribution in [2.24, 2.45) is 0 Å². The van der Waals surface area contributed by atoms with Crippen molar-refractivity contribution in [3.8, 4) is 0 Å². The van der Waals surface area contributed by atoms with E-state index in [1.807, 2.05) is 0 Å². The molecule has 0 heterocycles. The summed E-state index contributed by atoms with van der Waals surface area (Å²) in [5.74, 6) is -3.72. The standard InChI is InChI=1S/C19H20F2N2O5S/c1-13(19(25)23(2)14-6-4-3-5-7-14)28-18(24)10-11-22-29(26,27)15-8-9-16(20)17(21)12-15/h3-9,12-13,22H,10-11H2,1-2H3. The molecule has 0 aliphatic carbocycles. The molecule has 29 heavy (non-hydrogen) atoms. The van der Waals surface area contributed by atoms with Crippen molar-refractivity contribution in [1.29, 1.82) is 0 Å². The van der Waals surface area contributed by atoms with Crippen molar-refractivity contribution in [2.75, 3.05) is 18.5 Å². The van der Waals surface area contributed by atoms with Crippen LogP contribution in [0, 0.1) is 11.6 Å². The fourth-order valence-corrected chi connectivity index (χ4v) is 3.42. The van der Waals surface area contributed by atoms with Crippen molar-refractivity contribution in [3.63, 3.8) is 0 Å². The molecule has 156 valence electrons. The second-order valence-electron chi connectivity index (χ2n) is 6.09. The molecule has 0 aliphatic rings. The number of amides is 1. The van der Waals surface area contributed by atoms with Crippen LogP contribution in [0.25, 0.3) is 0 Å². The number of carbonyl (C=O) groups is 2. The number of hydrogen-bond donors (Lipinski definition) is 1. The lowest BCUT2D eigenvalue weighted by molar-refractivity contribution is -0.153. The van der Waals surface area contributed by atoms with Crippen LogP contribution < -0.4 is 9.62 Å². The first-order valence-electron chi connectivity index (χ1n) is 8.58. The van der Waals surface area contributed by atoms with Gasteiger partial charge in [-0.2, -0.15) is 0 Å². The summed E-state index contributed by atoms with van der Waals surface area (Å²) in [5, 5.41) is 0. The molecule has 2 aromatic rings. The van der Waals surface area contributed by atoms with Crippen LogP contribution in [-0.2, 0) is 24.3 Å². The third-order valence-electron chi connectivity index (χ3n) is 3.95. The van der Waals surface area contributed by atoms with E-state index < -0.39 is 44.5 Å². The lowest BCUT2D eigenvalue weighted by Crippen LogP contribution is -2.38. The number of benzene rings is 2. The molecule has 1 atom stereocenters. The van der Waals surface area contributed by atoms with Crippen LogP contribution in [-0.4, -0.2) is 40.0 Å². The summed E-state index contributed by atoms with van der Waals surface area (Å²) in [6.07, 6.45) is -1.43. The highest BCUT2D eigenvalue weighted by Gasteiger charge is 2.23. The van der Waals surface area contributed by atoms with Gasteiger partial charge in [-0.1, -0.05) is 18.2 Å². The molecule has 10 heteroatoms. The first-order valence-corrected chi connectivity index (χ1v) is 10.1. The maximum Gasteiger partial charge on any atom is 0.307 e. The zero-order valence-corrected chi connectivity index (χ0v) is 16.6. The second kappa shape index (κ2) is 9.57. The van der Waals surface area contributed by atoms with Crippen LogP contribution in [0.15, 0.2) is 53.4 Å². The average Bonchev–Trinajstić information content (AvgIpc) is 2.69. The minimum Gasteiger partial charge on any atom is -0.452 e. The largest absolute Gasteiger partial charge is 0.452 e. The van der Waals surface area contributed by atoms with Gasteiger partial charge in [0.15, 0.2) is 17.7 Å². The smallest absolute Gasteiger partial charge is 0.307 e. The number of halogens is 2. The van der Waals surface area contributed by atoms with E-state index in [1.54, 1.807) is 30.3 Å². The predicted molar refractivity (Wildman–Crippen MR) is 102 cm³/mol. The molecule has 1 unspecified atom stereocenters. The Hall–Kier alpha value is -2.85. The van der Waals surface area contributed by atoms with Gasteiger partial charge in [0.1, 0.15) is 0 Å². The maximum atomic E-state index is 13.2. The lowest BCUT2D eigenvalue weighted by atomic mass is 10.2. The van der Waals surface area contributed by atoms with Crippen LogP contribution >= 0.6 is 0 Å². The highest BCUT2D eigenvalue weighted by atomic mass is 32.2. The normalized spacial score (nSPS) is 12.3. The molecule has 2 aromatic carbocycles. The highest BCUT2D eigenvalue weighted by molar-refractivity contribution is 7.89. The molecular formula is C19H20F2N2O5S. The van der Waals surface area contributed by atoms with Crippen LogP contribution in [0.3, 0.4) is 0 Å². The number of nitrogens with one attached hydrogen (secondary N) is 1. The summed E-state index contributed by atoms with van der Waals surface area (Å²) in [4.78, 5) is 25.1. The van der Waals surface area contributed by atoms with Crippen LogP contribution in [0.5, 0.6) is 0 Å². The maximum absolute atomic E-state index is 13.2. The summed E-state index contributed by atoms with van der Waals surface area (Å²) < 4.78 is 57.3. The molecule has 0 fully saturated rings. The van der Waals surface area contributed by atoms with Gasteiger partial charge in [0.05, 0.1) is 11.3 Å². The zero-order valence-electron chi connectivity index (χ0n) is 15.8. The van der Waals surface area contributed by atoms with Gasteiger partial charge in [-0.05, 0) is 37.3 Å². The Labute approximate surface area is 167 Å². The molecule has 7 nitrogen and oxygen atoms in total. The molecule has 2 rings (SSSR count). The van der Waals surface area contributed by atoms with E-state index in [4.69, 9.17) is 4.74 Å². The summed E-state index contributed by atoms with van der Waals surface area (Å²) in [5.41, 5.74) is 0.625. The number of esters is 1. The van der Waals surface area contributed by atoms with Crippen LogP contribution in [0.2, 0.25) is 0 Å². The number of likely N-dealkylation sites (N-methyl/N-ethyl adjacent to an activating group) is 1. The molecule has 0 aliphatic heterocycles. The summed E-state index contributed by atoms with van der Waals surface area (Å²) in [7, 11) is -2.59. The third-order valence-corrected chi connectivity index (χ3v) is 5.41. The predicted octanol–water partition coefficient (Wildman–Crippen LogP) is 2.23. The molecule has 0 radical (unpaired) electrons. The fourth-order valence-electron chi connectivity index (χ4n) is 2.37. The number of ether oxygens (including phenoxy) is 1. The number of anilines is 1. The van der Waals surface area contributed by atoms with E-state index >= 15 is 0 Å². The molecule has 0 spiro atoms. The third kappa shape index (κ3) is 6.06. The van der Waals surface area contributed by atoms with Gasteiger partial charge in [-0.15, -0.1) is 0 Å². The first kappa shape index (κ1) is 22.4. The van der Waals surface area contributed by atoms with E-state index in [0.717, 1.165) is 6.07 Å². The molecule has 0 saturated heterocycles. The van der Waals surface area contributed by atoms with Crippen molar-refractivity contribution >= 4 is 27.6 Å². The molecule has 0 aromatic heterocycles. The van der Waals surface area contributed by atoms with Gasteiger partial charge >= 0.3 is 5.97 Å². The number of sulfonamides is 1. The van der Waals surface area contributed by atoms with Crippen molar-refractivity contribution in [1.82, 2.24) is 4.72 Å². The van der Waals surface area contributed by atoms with E-state index in [9.17, 15) is 26.8 Å². The second-order valence-corrected chi connectivity index (χ2v) is 7.86. The zero-order chi connectivity index (χ0) is 21.6. The summed E-state index contributed by atoms with van der Waals surface area (Å²) in [6.45, 7) is 1.07. The molecule has 1 N–H and O–H groups in total. The molecule has 0 saturated carbocycles. The Morgan fingerprint density at radius 2 is 1.76 bits per heavy atom. The van der Waals surface area contributed by atoms with Crippen molar-refractivity contribution in [2.45, 2.75) is 24.3 Å². The Balaban J connectivity index is 1.86. The van der Waals surface area contributed by atoms with E-state index in [0.29, 0.717) is 17.8 Å². The van der Waals surface area contributed by atoms with E-state index in [2.05, 4.69) is 4.72 Å². The Morgan fingerprint density at radius 1 is 1.10 bits per heavy atom. The van der Waals surface area contributed by atoms with Gasteiger partial charge in [0, 0.05) is 19.3 Å². The molecule has 0 bridgehead atoms. The number of para-hydroxylation sites is 1. The highest BCUT2D eigenvalue weighted by Crippen LogP contribution is 2.14. The Kier molecular flexibility index (Phi) is 7.40. The van der Waals surface area contributed by atoms with Gasteiger partial charge in [0.2, 0.25) is 10.0 Å². The minimum absolute atomic E-state index is 0.338. The quantitative estimate of drug-likeness (QED) is 0.654. The lowest BCUT2D eigenvalue weighted by Gasteiger charge is -2.21. The van der Waals surface area contributed by atoms with Crippen molar-refractivity contribution in [3.05, 3.63) is 60.2 Å². The Bertz CT molecular complexity index is 983. The monoisotopic (exact) mass is 426 g/mol. The average molecular weight is 426 g/mol. The van der Waals surface area contributed by atoms with Crippen LogP contribution in [0.4, 0.5) is 14.5 Å². The Morgan fingerprint density at radius 3 is 2.38 bits per heavy atom. The minimum atomic E-state index is -4.13. The van der Waals surface area contributed by atoms with E-state index in [-0.39, 0.29) is 13.0 Å². The number of rotatable bonds is 8. The first-order chi connectivity index (χ1) is 13.6. The van der Waals surface area contributed by atoms with Gasteiger partial charge in [0.25, 0.3) is 5.91 Å². The summed E-state index contributed by atoms with van der Waals surface area (Å²) >= 11 is 0. The van der Waals surface area contributed by atoms with Gasteiger partial charge < -0.3 is 9.64 Å². The molecule has 1 amide bonds. The number of hydrogen-bond acceptors (Lipinski definition) is 5. The number of carbonyl (C=O) groups excluding carboxylic acids is 2. The fraction of sp³-hybridized carbons (Fsp3) is 0.263. The van der Waals surface area contributed by atoms with Gasteiger partial charge in [-0.25, -0.2) is 21.9 Å². The van der Waals surface area contributed by atoms with Gasteiger partial charge in [-0.3, -0.25) is 9.59 Å².